The second-order valence-electron chi connectivity index (χ2n) is 6.07. The number of ether oxygens (including phenoxy) is 4. The molecule has 2 bridgehead atoms. The van der Waals surface area contributed by atoms with Crippen LogP contribution in [0.2, 0.25) is 0 Å². The molecule has 0 saturated carbocycles. The standard InChI is InChI=1S/C16H21N3O5/c1-21-15-16(10-22-8-11-5-3-2-4-6-11)7-12(20)14(18-19-17)13(24-16)9-23-15/h2-6,12-15,20H,7-10H2,1H3/t12-,13+,14-,15-,16-/m1/s1. The molecule has 130 valence electrons. The lowest BCUT2D eigenvalue weighted by atomic mass is 9.85. The van der Waals surface area contributed by atoms with E-state index >= 15 is 0 Å². The van der Waals surface area contributed by atoms with Crippen LogP contribution >= 0.6 is 0 Å². The predicted octanol–water partition coefficient (Wildman–Crippen LogP) is 1.77. The Morgan fingerprint density at radius 2 is 2.21 bits per heavy atom. The normalized spacial score (nSPS) is 35.2. The van der Waals surface area contributed by atoms with Crippen LogP contribution in [0.3, 0.4) is 0 Å². The Bertz CT molecular complexity index is 591. The van der Waals surface area contributed by atoms with E-state index in [4.69, 9.17) is 24.5 Å². The van der Waals surface area contributed by atoms with Crippen molar-refractivity contribution in [3.63, 3.8) is 0 Å². The number of fused-ring (bicyclic) bond motifs is 2. The lowest BCUT2D eigenvalue weighted by molar-refractivity contribution is -0.349. The summed E-state index contributed by atoms with van der Waals surface area (Å²) in [5.74, 6) is 0. The summed E-state index contributed by atoms with van der Waals surface area (Å²) >= 11 is 0. The van der Waals surface area contributed by atoms with E-state index in [1.165, 1.54) is 7.11 Å². The number of benzene rings is 1. The quantitative estimate of drug-likeness (QED) is 0.484. The van der Waals surface area contributed by atoms with Crippen molar-refractivity contribution in [3.05, 3.63) is 46.3 Å². The first-order valence-corrected chi connectivity index (χ1v) is 7.85. The van der Waals surface area contributed by atoms with Gasteiger partial charge in [0.2, 0.25) is 0 Å². The first-order chi connectivity index (χ1) is 11.7. The van der Waals surface area contributed by atoms with Crippen molar-refractivity contribution in [3.8, 4) is 0 Å². The van der Waals surface area contributed by atoms with Crippen LogP contribution in [0.4, 0.5) is 0 Å². The number of hydrogen-bond donors (Lipinski definition) is 1. The van der Waals surface area contributed by atoms with Gasteiger partial charge in [0.25, 0.3) is 0 Å². The largest absolute Gasteiger partial charge is 0.392 e. The van der Waals surface area contributed by atoms with Crippen LogP contribution in [0.15, 0.2) is 35.4 Å². The zero-order valence-corrected chi connectivity index (χ0v) is 13.4. The predicted molar refractivity (Wildman–Crippen MR) is 84.0 cm³/mol. The molecule has 0 amide bonds. The number of aliphatic hydroxyl groups is 1. The molecule has 0 radical (unpaired) electrons. The Hall–Kier alpha value is -1.67. The minimum atomic E-state index is -0.923. The van der Waals surface area contributed by atoms with Crippen molar-refractivity contribution in [1.82, 2.24) is 0 Å². The van der Waals surface area contributed by atoms with Gasteiger partial charge in [-0.05, 0) is 11.1 Å². The SMILES string of the molecule is CO[C@@H]1OC[C@@H]2O[C@@]1(COCc1ccccc1)C[C@@H](O)[C@H]2N=[N+]=[N-]. The summed E-state index contributed by atoms with van der Waals surface area (Å²) in [6.45, 7) is 0.819. The molecule has 1 N–H and O–H groups in total. The van der Waals surface area contributed by atoms with Crippen LogP contribution in [-0.2, 0) is 25.6 Å². The minimum Gasteiger partial charge on any atom is -0.392 e. The zero-order valence-electron chi connectivity index (χ0n) is 13.4. The highest BCUT2D eigenvalue weighted by molar-refractivity contribution is 5.13. The first-order valence-electron chi connectivity index (χ1n) is 7.85. The molecule has 8 nitrogen and oxygen atoms in total. The fraction of sp³-hybridized carbons (Fsp3) is 0.625. The molecular weight excluding hydrogens is 314 g/mol. The summed E-state index contributed by atoms with van der Waals surface area (Å²) < 4.78 is 23.0. The Morgan fingerprint density at radius 1 is 1.42 bits per heavy atom. The summed E-state index contributed by atoms with van der Waals surface area (Å²) in [4.78, 5) is 2.79. The average Bonchev–Trinajstić information content (AvgIpc) is 2.59. The summed E-state index contributed by atoms with van der Waals surface area (Å²) in [5.41, 5.74) is 8.78. The number of azide groups is 1. The number of rotatable bonds is 6. The summed E-state index contributed by atoms with van der Waals surface area (Å²) in [5, 5.41) is 14.0. The van der Waals surface area contributed by atoms with Gasteiger partial charge in [0.1, 0.15) is 5.60 Å². The Kier molecular flexibility index (Phi) is 5.35. The van der Waals surface area contributed by atoms with E-state index in [-0.39, 0.29) is 19.6 Å². The molecule has 2 fully saturated rings. The van der Waals surface area contributed by atoms with Crippen molar-refractivity contribution >= 4 is 0 Å². The van der Waals surface area contributed by atoms with Crippen molar-refractivity contribution < 1.29 is 24.1 Å². The highest BCUT2D eigenvalue weighted by atomic mass is 16.7. The zero-order chi connectivity index (χ0) is 17.0. The van der Waals surface area contributed by atoms with Gasteiger partial charge in [-0.1, -0.05) is 35.4 Å². The van der Waals surface area contributed by atoms with Crippen molar-refractivity contribution in [1.29, 1.82) is 0 Å². The molecule has 8 heteroatoms. The van der Waals surface area contributed by atoms with E-state index in [9.17, 15) is 5.11 Å². The molecule has 2 aliphatic heterocycles. The van der Waals surface area contributed by atoms with Gasteiger partial charge in [0.15, 0.2) is 6.29 Å². The highest BCUT2D eigenvalue weighted by Crippen LogP contribution is 2.39. The van der Waals surface area contributed by atoms with E-state index in [2.05, 4.69) is 10.0 Å². The van der Waals surface area contributed by atoms with Crippen molar-refractivity contribution in [2.75, 3.05) is 20.3 Å². The molecule has 1 aromatic rings. The maximum atomic E-state index is 10.4. The van der Waals surface area contributed by atoms with Crippen LogP contribution in [0.25, 0.3) is 10.4 Å². The second-order valence-corrected chi connectivity index (χ2v) is 6.07. The summed E-state index contributed by atoms with van der Waals surface area (Å²) in [6.07, 6.45) is -1.79. The Labute approximate surface area is 139 Å². The van der Waals surface area contributed by atoms with Gasteiger partial charge in [-0.3, -0.25) is 0 Å². The number of aliphatic hydroxyl groups excluding tert-OH is 1. The maximum Gasteiger partial charge on any atom is 0.188 e. The second kappa shape index (κ2) is 7.48. The first kappa shape index (κ1) is 17.2. The van der Waals surface area contributed by atoms with E-state index < -0.39 is 30.1 Å². The third-order valence-corrected chi connectivity index (χ3v) is 4.41. The van der Waals surface area contributed by atoms with Crippen LogP contribution in [0, 0.1) is 0 Å². The lowest BCUT2D eigenvalue weighted by Crippen LogP contribution is -2.66. The van der Waals surface area contributed by atoms with E-state index in [1.54, 1.807) is 0 Å². The molecule has 3 rings (SSSR count). The third-order valence-electron chi connectivity index (χ3n) is 4.41. The summed E-state index contributed by atoms with van der Waals surface area (Å²) in [7, 11) is 1.53. The van der Waals surface area contributed by atoms with Gasteiger partial charge >= 0.3 is 0 Å². The molecular formula is C16H21N3O5. The van der Waals surface area contributed by atoms with Crippen LogP contribution < -0.4 is 0 Å². The fourth-order valence-electron chi connectivity index (χ4n) is 3.33. The van der Waals surface area contributed by atoms with Gasteiger partial charge in [0, 0.05) is 18.4 Å². The lowest BCUT2D eigenvalue weighted by Gasteiger charge is -2.52. The summed E-state index contributed by atoms with van der Waals surface area (Å²) in [6, 6.07) is 9.11. The van der Waals surface area contributed by atoms with E-state index in [1.807, 2.05) is 30.3 Å². The molecule has 2 saturated heterocycles. The fourth-order valence-corrected chi connectivity index (χ4v) is 3.33. The molecule has 0 spiro atoms. The highest BCUT2D eigenvalue weighted by Gasteiger charge is 2.55. The van der Waals surface area contributed by atoms with Crippen LogP contribution in [0.1, 0.15) is 12.0 Å². The molecule has 0 aliphatic carbocycles. The minimum absolute atomic E-state index is 0.194. The van der Waals surface area contributed by atoms with Crippen LogP contribution in [-0.4, -0.2) is 55.6 Å². The molecule has 1 aromatic carbocycles. The molecule has 2 heterocycles. The van der Waals surface area contributed by atoms with Gasteiger partial charge < -0.3 is 24.1 Å². The monoisotopic (exact) mass is 335 g/mol. The van der Waals surface area contributed by atoms with Crippen LogP contribution in [0.5, 0.6) is 0 Å². The van der Waals surface area contributed by atoms with E-state index in [0.29, 0.717) is 6.61 Å². The molecule has 5 atom stereocenters. The van der Waals surface area contributed by atoms with Gasteiger partial charge in [-0.2, -0.15) is 0 Å². The Balaban J connectivity index is 1.71. The molecule has 0 aromatic heterocycles. The Morgan fingerprint density at radius 3 is 2.92 bits per heavy atom. The third kappa shape index (κ3) is 3.39. The number of hydrogen-bond acceptors (Lipinski definition) is 6. The molecule has 0 unspecified atom stereocenters. The smallest absolute Gasteiger partial charge is 0.188 e. The van der Waals surface area contributed by atoms with E-state index in [0.717, 1.165) is 5.56 Å². The molecule has 2 aliphatic rings. The topological polar surface area (TPSA) is 106 Å². The number of nitrogens with zero attached hydrogens (tertiary/aromatic N) is 3. The van der Waals surface area contributed by atoms with Crippen molar-refractivity contribution in [2.24, 2.45) is 5.11 Å². The van der Waals surface area contributed by atoms with Gasteiger partial charge in [0.05, 0.1) is 38.1 Å². The van der Waals surface area contributed by atoms with Crippen molar-refractivity contribution in [2.45, 2.75) is 43.2 Å². The van der Waals surface area contributed by atoms with Gasteiger partial charge in [-0.15, -0.1) is 0 Å². The number of methoxy groups -OCH3 is 1. The average molecular weight is 335 g/mol. The van der Waals surface area contributed by atoms with Gasteiger partial charge in [-0.25, -0.2) is 0 Å². The molecule has 24 heavy (non-hydrogen) atoms. The maximum absolute atomic E-state index is 10.4.